The topological polar surface area (TPSA) is 104 Å². The lowest BCUT2D eigenvalue weighted by Crippen LogP contribution is -2.32. The Morgan fingerprint density at radius 3 is 2.40 bits per heavy atom. The minimum atomic E-state index is -3.49. The number of amides is 2. The number of nitrogens with one attached hydrogen (secondary N) is 3. The summed E-state index contributed by atoms with van der Waals surface area (Å²) < 4.78 is 27.7. The number of hydrogen-bond acceptors (Lipinski definition) is 4. The van der Waals surface area contributed by atoms with E-state index < -0.39 is 10.0 Å². The standard InChI is InChI=1S/C22H27N3O4S/c1-16(26)24-20-8-4-5-18(15-20)22(27)23-14-13-17-9-11-21(12-10-17)30(28,29)25-19-6-2-3-7-19/h4-5,8-12,15,19,25H,2-3,6-7,13-14H2,1H3,(H,23,27)(H,24,26). The fraction of sp³-hybridized carbons (Fsp3) is 0.364. The van der Waals surface area contributed by atoms with Crippen LogP contribution in [0, 0.1) is 0 Å². The van der Waals surface area contributed by atoms with E-state index in [4.69, 9.17) is 0 Å². The third kappa shape index (κ3) is 6.14. The maximum absolute atomic E-state index is 12.5. The van der Waals surface area contributed by atoms with Crippen LogP contribution in [-0.4, -0.2) is 32.8 Å². The molecule has 0 aromatic heterocycles. The summed E-state index contributed by atoms with van der Waals surface area (Å²) in [5.41, 5.74) is 1.96. The first-order chi connectivity index (χ1) is 14.3. The molecule has 1 aliphatic rings. The van der Waals surface area contributed by atoms with Gasteiger partial charge in [0.2, 0.25) is 15.9 Å². The Bertz CT molecular complexity index is 997. The molecule has 1 fully saturated rings. The second-order valence-corrected chi connectivity index (χ2v) is 9.23. The van der Waals surface area contributed by atoms with Gasteiger partial charge in [0.05, 0.1) is 4.90 Å². The first-order valence-electron chi connectivity index (χ1n) is 10.1. The monoisotopic (exact) mass is 429 g/mol. The maximum Gasteiger partial charge on any atom is 0.251 e. The molecule has 3 rings (SSSR count). The van der Waals surface area contributed by atoms with E-state index in [2.05, 4.69) is 15.4 Å². The molecule has 1 saturated carbocycles. The minimum absolute atomic E-state index is 0.0361. The lowest BCUT2D eigenvalue weighted by atomic mass is 10.1. The number of sulfonamides is 1. The largest absolute Gasteiger partial charge is 0.352 e. The molecule has 3 N–H and O–H groups in total. The molecule has 2 amide bonds. The van der Waals surface area contributed by atoms with Gasteiger partial charge in [0.15, 0.2) is 0 Å². The fourth-order valence-electron chi connectivity index (χ4n) is 3.53. The van der Waals surface area contributed by atoms with E-state index in [-0.39, 0.29) is 22.8 Å². The summed E-state index contributed by atoms with van der Waals surface area (Å²) in [4.78, 5) is 23.7. The van der Waals surface area contributed by atoms with Crippen molar-refractivity contribution in [2.24, 2.45) is 0 Å². The van der Waals surface area contributed by atoms with Gasteiger partial charge in [-0.3, -0.25) is 9.59 Å². The van der Waals surface area contributed by atoms with Gasteiger partial charge < -0.3 is 10.6 Å². The lowest BCUT2D eigenvalue weighted by Gasteiger charge is -2.13. The molecule has 0 radical (unpaired) electrons. The normalized spacial score (nSPS) is 14.4. The van der Waals surface area contributed by atoms with Crippen molar-refractivity contribution in [2.45, 2.75) is 50.0 Å². The highest BCUT2D eigenvalue weighted by atomic mass is 32.2. The van der Waals surface area contributed by atoms with E-state index >= 15 is 0 Å². The first-order valence-corrected chi connectivity index (χ1v) is 11.6. The number of rotatable bonds is 8. The van der Waals surface area contributed by atoms with Crippen LogP contribution in [0.1, 0.15) is 48.5 Å². The highest BCUT2D eigenvalue weighted by Crippen LogP contribution is 2.20. The average molecular weight is 430 g/mol. The molecular formula is C22H27N3O4S. The SMILES string of the molecule is CC(=O)Nc1cccc(C(=O)NCCc2ccc(S(=O)(=O)NC3CCCC3)cc2)c1. The number of carbonyl (C=O) groups excluding carboxylic acids is 2. The second kappa shape index (κ2) is 9.86. The third-order valence-electron chi connectivity index (χ3n) is 5.06. The molecule has 0 atom stereocenters. The van der Waals surface area contributed by atoms with Gasteiger partial charge in [-0.2, -0.15) is 0 Å². The van der Waals surface area contributed by atoms with Gasteiger partial charge in [0.25, 0.3) is 5.91 Å². The fourth-order valence-corrected chi connectivity index (χ4v) is 4.84. The Kier molecular flexibility index (Phi) is 7.23. The minimum Gasteiger partial charge on any atom is -0.352 e. The van der Waals surface area contributed by atoms with E-state index in [1.54, 1.807) is 48.5 Å². The molecule has 0 aliphatic heterocycles. The van der Waals surface area contributed by atoms with Crippen LogP contribution in [0.15, 0.2) is 53.4 Å². The summed E-state index contributed by atoms with van der Waals surface area (Å²) in [6.45, 7) is 1.82. The van der Waals surface area contributed by atoms with Crippen molar-refractivity contribution in [1.29, 1.82) is 0 Å². The molecule has 2 aromatic carbocycles. The number of benzene rings is 2. The van der Waals surface area contributed by atoms with Gasteiger partial charge in [0.1, 0.15) is 0 Å². The third-order valence-corrected chi connectivity index (χ3v) is 6.59. The van der Waals surface area contributed by atoms with Crippen molar-refractivity contribution in [3.8, 4) is 0 Å². The molecule has 30 heavy (non-hydrogen) atoms. The van der Waals surface area contributed by atoms with Crippen LogP contribution in [0.25, 0.3) is 0 Å². The second-order valence-electron chi connectivity index (χ2n) is 7.51. The molecule has 7 nitrogen and oxygen atoms in total. The highest BCUT2D eigenvalue weighted by molar-refractivity contribution is 7.89. The quantitative estimate of drug-likeness (QED) is 0.600. The average Bonchev–Trinajstić information content (AvgIpc) is 3.20. The van der Waals surface area contributed by atoms with Gasteiger partial charge in [-0.05, 0) is 55.2 Å². The molecule has 0 bridgehead atoms. The number of carbonyl (C=O) groups is 2. The molecular weight excluding hydrogens is 402 g/mol. The molecule has 0 unspecified atom stereocenters. The van der Waals surface area contributed by atoms with Gasteiger partial charge >= 0.3 is 0 Å². The van der Waals surface area contributed by atoms with E-state index in [1.165, 1.54) is 6.92 Å². The number of hydrogen-bond donors (Lipinski definition) is 3. The van der Waals surface area contributed by atoms with Crippen LogP contribution in [0.4, 0.5) is 5.69 Å². The van der Waals surface area contributed by atoms with Gasteiger partial charge in [-0.1, -0.05) is 31.0 Å². The zero-order valence-corrected chi connectivity index (χ0v) is 17.8. The van der Waals surface area contributed by atoms with Crippen LogP contribution >= 0.6 is 0 Å². The Morgan fingerprint density at radius 2 is 1.73 bits per heavy atom. The molecule has 1 aliphatic carbocycles. The molecule has 2 aromatic rings. The summed E-state index contributed by atoms with van der Waals surface area (Å²) in [6.07, 6.45) is 4.49. The van der Waals surface area contributed by atoms with Crippen molar-refractivity contribution in [2.75, 3.05) is 11.9 Å². The van der Waals surface area contributed by atoms with Crippen LogP contribution < -0.4 is 15.4 Å². The van der Waals surface area contributed by atoms with Crippen molar-refractivity contribution in [1.82, 2.24) is 10.0 Å². The van der Waals surface area contributed by atoms with E-state index in [9.17, 15) is 18.0 Å². The highest BCUT2D eigenvalue weighted by Gasteiger charge is 2.22. The van der Waals surface area contributed by atoms with Gasteiger partial charge in [-0.25, -0.2) is 13.1 Å². The summed E-state index contributed by atoms with van der Waals surface area (Å²) in [5.74, 6) is -0.432. The van der Waals surface area contributed by atoms with E-state index in [0.29, 0.717) is 24.2 Å². The van der Waals surface area contributed by atoms with Gasteiger partial charge in [-0.15, -0.1) is 0 Å². The molecule has 8 heteroatoms. The molecule has 0 spiro atoms. The summed E-state index contributed by atoms with van der Waals surface area (Å²) >= 11 is 0. The van der Waals surface area contributed by atoms with Crippen LogP contribution in [0.3, 0.4) is 0 Å². The smallest absolute Gasteiger partial charge is 0.251 e. The van der Waals surface area contributed by atoms with Crippen molar-refractivity contribution in [3.05, 3.63) is 59.7 Å². The van der Waals surface area contributed by atoms with E-state index in [1.807, 2.05) is 0 Å². The summed E-state index contributed by atoms with van der Waals surface area (Å²) in [6, 6.07) is 13.5. The molecule has 0 heterocycles. The Labute approximate surface area is 177 Å². The van der Waals surface area contributed by atoms with Gasteiger partial charge in [0, 0.05) is 30.8 Å². The Morgan fingerprint density at radius 1 is 1.03 bits per heavy atom. The molecule has 160 valence electrons. The van der Waals surface area contributed by atoms with Crippen molar-refractivity contribution >= 4 is 27.5 Å². The summed E-state index contributed by atoms with van der Waals surface area (Å²) in [5, 5.41) is 5.49. The maximum atomic E-state index is 12.5. The van der Waals surface area contributed by atoms with E-state index in [0.717, 1.165) is 31.2 Å². The predicted molar refractivity (Wildman–Crippen MR) is 116 cm³/mol. The lowest BCUT2D eigenvalue weighted by molar-refractivity contribution is -0.114. The number of anilines is 1. The zero-order valence-electron chi connectivity index (χ0n) is 17.0. The van der Waals surface area contributed by atoms with Crippen LogP contribution in [-0.2, 0) is 21.2 Å². The van der Waals surface area contributed by atoms with Crippen LogP contribution in [0.5, 0.6) is 0 Å². The summed E-state index contributed by atoms with van der Waals surface area (Å²) in [7, 11) is -3.49. The first kappa shape index (κ1) is 22.0. The Hall–Kier alpha value is -2.71. The molecule has 0 saturated heterocycles. The van der Waals surface area contributed by atoms with Crippen LogP contribution in [0.2, 0.25) is 0 Å². The predicted octanol–water partition coefficient (Wildman–Crippen LogP) is 2.84. The van der Waals surface area contributed by atoms with Crippen molar-refractivity contribution in [3.63, 3.8) is 0 Å². The Balaban J connectivity index is 1.51. The van der Waals surface area contributed by atoms with Crippen molar-refractivity contribution < 1.29 is 18.0 Å². The zero-order chi connectivity index (χ0) is 21.6.